The zero-order valence-corrected chi connectivity index (χ0v) is 17.3. The first-order chi connectivity index (χ1) is 13.5. The molecule has 7 heteroatoms. The molecule has 1 amide bonds. The Hall–Kier alpha value is -2.41. The molecule has 3 aromatic rings. The Labute approximate surface area is 168 Å². The van der Waals surface area contributed by atoms with E-state index in [1.165, 1.54) is 5.56 Å². The van der Waals surface area contributed by atoms with Gasteiger partial charge in [0.15, 0.2) is 0 Å². The minimum atomic E-state index is 0.118. The number of para-hydroxylation sites is 1. The fourth-order valence-corrected chi connectivity index (χ4v) is 4.69. The third-order valence-corrected chi connectivity index (χ3v) is 6.34. The maximum absolute atomic E-state index is 12.6. The summed E-state index contributed by atoms with van der Waals surface area (Å²) in [5.74, 6) is 0.998. The van der Waals surface area contributed by atoms with Gasteiger partial charge in [0.1, 0.15) is 11.9 Å². The van der Waals surface area contributed by atoms with Crippen LogP contribution in [0.3, 0.4) is 0 Å². The monoisotopic (exact) mass is 399 g/mol. The van der Waals surface area contributed by atoms with Gasteiger partial charge in [-0.15, -0.1) is 0 Å². The van der Waals surface area contributed by atoms with Crippen molar-refractivity contribution in [3.05, 3.63) is 40.8 Å². The molecule has 2 aromatic heterocycles. The van der Waals surface area contributed by atoms with Gasteiger partial charge in [-0.1, -0.05) is 28.6 Å². The van der Waals surface area contributed by atoms with Crippen molar-refractivity contribution in [2.24, 2.45) is 0 Å². The molecule has 1 saturated heterocycles. The van der Waals surface area contributed by atoms with Crippen molar-refractivity contribution in [3.63, 3.8) is 0 Å². The van der Waals surface area contributed by atoms with Gasteiger partial charge in [-0.3, -0.25) is 4.79 Å². The SMILES string of the molecule is Cc1noc(C)c1CCC(=O)N1CCC(Oc2nc3c(C)cccc3s2)CC1. The Morgan fingerprint density at radius 2 is 2.07 bits per heavy atom. The summed E-state index contributed by atoms with van der Waals surface area (Å²) in [6.07, 6.45) is 2.97. The number of ether oxygens (including phenoxy) is 1. The van der Waals surface area contributed by atoms with E-state index < -0.39 is 0 Å². The molecule has 1 aliphatic rings. The number of hydrogen-bond acceptors (Lipinski definition) is 6. The summed E-state index contributed by atoms with van der Waals surface area (Å²) in [5, 5.41) is 4.69. The average Bonchev–Trinajstić information content (AvgIpc) is 3.24. The largest absolute Gasteiger partial charge is 0.467 e. The summed E-state index contributed by atoms with van der Waals surface area (Å²) in [7, 11) is 0. The summed E-state index contributed by atoms with van der Waals surface area (Å²) in [6.45, 7) is 7.34. The third-order valence-electron chi connectivity index (χ3n) is 5.43. The number of piperidine rings is 1. The highest BCUT2D eigenvalue weighted by atomic mass is 32.1. The fourth-order valence-electron chi connectivity index (χ4n) is 3.73. The van der Waals surface area contributed by atoms with Crippen molar-refractivity contribution in [2.75, 3.05) is 13.1 Å². The molecule has 0 unspecified atom stereocenters. The molecule has 0 atom stereocenters. The molecule has 3 heterocycles. The number of nitrogens with zero attached hydrogens (tertiary/aromatic N) is 3. The third kappa shape index (κ3) is 3.90. The number of likely N-dealkylation sites (tertiary alicyclic amines) is 1. The van der Waals surface area contributed by atoms with Crippen molar-refractivity contribution < 1.29 is 14.1 Å². The van der Waals surface area contributed by atoms with E-state index in [0.717, 1.165) is 58.4 Å². The van der Waals surface area contributed by atoms with E-state index >= 15 is 0 Å². The Bertz CT molecular complexity index is 967. The van der Waals surface area contributed by atoms with Crippen LogP contribution in [0.5, 0.6) is 5.19 Å². The highest BCUT2D eigenvalue weighted by Crippen LogP contribution is 2.31. The normalized spacial score (nSPS) is 15.3. The van der Waals surface area contributed by atoms with Crippen molar-refractivity contribution >= 4 is 27.5 Å². The number of rotatable bonds is 5. The lowest BCUT2D eigenvalue weighted by atomic mass is 10.0. The Morgan fingerprint density at radius 1 is 1.29 bits per heavy atom. The molecule has 148 valence electrons. The van der Waals surface area contributed by atoms with E-state index in [9.17, 15) is 4.79 Å². The summed E-state index contributed by atoms with van der Waals surface area (Å²) in [4.78, 5) is 19.1. The van der Waals surface area contributed by atoms with Crippen LogP contribution in [0.25, 0.3) is 10.2 Å². The van der Waals surface area contributed by atoms with Crippen LogP contribution >= 0.6 is 11.3 Å². The molecule has 6 nitrogen and oxygen atoms in total. The van der Waals surface area contributed by atoms with Crippen molar-refractivity contribution in [3.8, 4) is 5.19 Å². The zero-order valence-electron chi connectivity index (χ0n) is 16.5. The number of aryl methyl sites for hydroxylation is 3. The topological polar surface area (TPSA) is 68.5 Å². The van der Waals surface area contributed by atoms with Gasteiger partial charge in [-0.2, -0.15) is 0 Å². The van der Waals surface area contributed by atoms with E-state index in [0.29, 0.717) is 12.8 Å². The Morgan fingerprint density at radius 3 is 2.75 bits per heavy atom. The average molecular weight is 400 g/mol. The maximum Gasteiger partial charge on any atom is 0.274 e. The first kappa shape index (κ1) is 18.9. The first-order valence-electron chi connectivity index (χ1n) is 9.73. The van der Waals surface area contributed by atoms with Crippen LogP contribution in [0.2, 0.25) is 0 Å². The smallest absolute Gasteiger partial charge is 0.274 e. The van der Waals surface area contributed by atoms with Crippen LogP contribution < -0.4 is 4.74 Å². The number of hydrogen-bond donors (Lipinski definition) is 0. The van der Waals surface area contributed by atoms with E-state index in [2.05, 4.69) is 29.2 Å². The molecule has 1 fully saturated rings. The van der Waals surface area contributed by atoms with Gasteiger partial charge < -0.3 is 14.2 Å². The second-order valence-electron chi connectivity index (χ2n) is 7.40. The summed E-state index contributed by atoms with van der Waals surface area (Å²) < 4.78 is 12.5. The van der Waals surface area contributed by atoms with Crippen LogP contribution in [0.1, 0.15) is 41.8 Å². The van der Waals surface area contributed by atoms with Crippen molar-refractivity contribution in [1.82, 2.24) is 15.0 Å². The van der Waals surface area contributed by atoms with Gasteiger partial charge >= 0.3 is 0 Å². The lowest BCUT2D eigenvalue weighted by Gasteiger charge is -2.31. The van der Waals surface area contributed by atoms with Gasteiger partial charge in [0.25, 0.3) is 5.19 Å². The van der Waals surface area contributed by atoms with E-state index in [-0.39, 0.29) is 12.0 Å². The predicted molar refractivity (Wildman–Crippen MR) is 109 cm³/mol. The number of carbonyl (C=O) groups excluding carboxylic acids is 1. The molecule has 0 spiro atoms. The Kier molecular flexibility index (Phi) is 5.35. The lowest BCUT2D eigenvalue weighted by molar-refractivity contribution is -0.132. The number of thiazole rings is 1. The van der Waals surface area contributed by atoms with Crippen molar-refractivity contribution in [1.29, 1.82) is 0 Å². The van der Waals surface area contributed by atoms with E-state index in [1.807, 2.05) is 24.8 Å². The first-order valence-corrected chi connectivity index (χ1v) is 10.5. The van der Waals surface area contributed by atoms with E-state index in [4.69, 9.17) is 9.26 Å². The van der Waals surface area contributed by atoms with Gasteiger partial charge in [0.2, 0.25) is 5.91 Å². The highest BCUT2D eigenvalue weighted by Gasteiger charge is 2.25. The molecule has 0 N–H and O–H groups in total. The molecule has 0 aliphatic carbocycles. The molecular weight excluding hydrogens is 374 g/mol. The zero-order chi connectivity index (χ0) is 19.7. The summed E-state index contributed by atoms with van der Waals surface area (Å²) in [5.41, 5.74) is 4.12. The number of aromatic nitrogens is 2. The molecular formula is C21H25N3O3S. The highest BCUT2D eigenvalue weighted by molar-refractivity contribution is 7.20. The predicted octanol–water partition coefficient (Wildman–Crippen LogP) is 4.21. The van der Waals surface area contributed by atoms with E-state index in [1.54, 1.807) is 11.3 Å². The second-order valence-corrected chi connectivity index (χ2v) is 8.40. The molecule has 0 saturated carbocycles. The van der Waals surface area contributed by atoms with Crippen LogP contribution in [0.15, 0.2) is 22.7 Å². The molecule has 0 bridgehead atoms. The van der Waals surface area contributed by atoms with Gasteiger partial charge in [0.05, 0.1) is 15.9 Å². The molecule has 0 radical (unpaired) electrons. The second kappa shape index (κ2) is 7.91. The van der Waals surface area contributed by atoms with Gasteiger partial charge in [0, 0.05) is 37.9 Å². The summed E-state index contributed by atoms with van der Waals surface area (Å²) >= 11 is 1.59. The molecule has 4 rings (SSSR count). The van der Waals surface area contributed by atoms with Crippen LogP contribution in [-0.4, -0.2) is 40.1 Å². The quantitative estimate of drug-likeness (QED) is 0.643. The number of amides is 1. The molecule has 1 aliphatic heterocycles. The minimum absolute atomic E-state index is 0.118. The molecule has 28 heavy (non-hydrogen) atoms. The number of carbonyl (C=O) groups is 1. The number of fused-ring (bicyclic) bond motifs is 1. The van der Waals surface area contributed by atoms with Crippen LogP contribution in [0, 0.1) is 20.8 Å². The Balaban J connectivity index is 1.29. The fraction of sp³-hybridized carbons (Fsp3) is 0.476. The van der Waals surface area contributed by atoms with Gasteiger partial charge in [-0.25, -0.2) is 4.98 Å². The molecule has 1 aromatic carbocycles. The lowest BCUT2D eigenvalue weighted by Crippen LogP contribution is -2.41. The minimum Gasteiger partial charge on any atom is -0.467 e. The van der Waals surface area contributed by atoms with Gasteiger partial charge in [-0.05, 0) is 38.8 Å². The number of benzene rings is 1. The van der Waals surface area contributed by atoms with Crippen LogP contribution in [-0.2, 0) is 11.2 Å². The summed E-state index contributed by atoms with van der Waals surface area (Å²) in [6, 6.07) is 6.19. The van der Waals surface area contributed by atoms with Crippen molar-refractivity contribution in [2.45, 2.75) is 52.6 Å². The maximum atomic E-state index is 12.6. The standard InChI is InChI=1S/C21H25N3O3S/c1-13-5-4-6-18-20(13)22-21(28-18)26-16-9-11-24(12-10-16)19(25)8-7-17-14(2)23-27-15(17)3/h4-6,16H,7-12H2,1-3H3. The van der Waals surface area contributed by atoms with Crippen LogP contribution in [0.4, 0.5) is 0 Å².